The number of hydrogen-bond acceptors (Lipinski definition) is 0. The molecule has 94 valence electrons. The highest BCUT2D eigenvalue weighted by Crippen LogP contribution is 2.17. The zero-order valence-electron chi connectivity index (χ0n) is 11.4. The van der Waals surface area contributed by atoms with Gasteiger partial charge in [0.15, 0.2) is 0 Å². The van der Waals surface area contributed by atoms with Crippen molar-refractivity contribution in [1.29, 1.82) is 0 Å². The Balaban J connectivity index is 2.26. The van der Waals surface area contributed by atoms with Crippen LogP contribution in [0.1, 0.15) is 63.0 Å². The molecule has 0 amide bonds. The molecule has 0 aromatic heterocycles. The summed E-state index contributed by atoms with van der Waals surface area (Å²) in [7, 11) is 0. The minimum atomic E-state index is 0.641. The van der Waals surface area contributed by atoms with E-state index < -0.39 is 0 Å². The van der Waals surface area contributed by atoms with Crippen molar-refractivity contribution in [2.45, 2.75) is 58.3 Å². The number of unbranched alkanes of at least 4 members (excludes halogenated alkanes) is 4. The van der Waals surface area contributed by atoms with E-state index in [1.54, 1.807) is 0 Å². The number of hydrogen-bond donors (Lipinski definition) is 0. The molecule has 0 unspecified atom stereocenters. The predicted molar refractivity (Wildman–Crippen MR) is 77.5 cm³/mol. The van der Waals surface area contributed by atoms with Crippen molar-refractivity contribution in [3.63, 3.8) is 0 Å². The number of aryl methyl sites for hydroxylation is 1. The monoisotopic (exact) mass is 230 g/mol. The first kappa shape index (κ1) is 14.0. The van der Waals surface area contributed by atoms with E-state index in [9.17, 15) is 0 Å². The molecule has 0 heteroatoms. The van der Waals surface area contributed by atoms with E-state index >= 15 is 0 Å². The van der Waals surface area contributed by atoms with Crippen molar-refractivity contribution in [3.8, 4) is 0 Å². The number of benzene rings is 1. The highest BCUT2D eigenvalue weighted by molar-refractivity contribution is 5.25. The zero-order chi connectivity index (χ0) is 12.5. The average Bonchev–Trinajstić information content (AvgIpc) is 2.34. The SMILES string of the molecule is C=CCCCCCCc1cccc(C(C)C)c1. The van der Waals surface area contributed by atoms with Crippen LogP contribution in [0.2, 0.25) is 0 Å². The Kier molecular flexibility index (Phi) is 6.69. The summed E-state index contributed by atoms with van der Waals surface area (Å²) in [6.07, 6.45) is 9.73. The minimum absolute atomic E-state index is 0.641. The smallest absolute Gasteiger partial charge is 0.0219 e. The number of allylic oxidation sites excluding steroid dienone is 1. The van der Waals surface area contributed by atoms with Crippen LogP contribution in [0.4, 0.5) is 0 Å². The van der Waals surface area contributed by atoms with E-state index in [0.29, 0.717) is 5.92 Å². The molecule has 0 aliphatic carbocycles. The Morgan fingerprint density at radius 2 is 1.88 bits per heavy atom. The third kappa shape index (κ3) is 5.72. The molecule has 0 radical (unpaired) electrons. The van der Waals surface area contributed by atoms with Crippen molar-refractivity contribution in [1.82, 2.24) is 0 Å². The third-order valence-electron chi connectivity index (χ3n) is 3.24. The standard InChI is InChI=1S/C17H26/c1-4-5-6-7-8-9-11-16-12-10-13-17(14-16)15(2)3/h4,10,12-15H,1,5-9,11H2,2-3H3. The summed E-state index contributed by atoms with van der Waals surface area (Å²) in [6.45, 7) is 8.27. The molecule has 0 nitrogen and oxygen atoms in total. The van der Waals surface area contributed by atoms with Crippen LogP contribution >= 0.6 is 0 Å². The zero-order valence-corrected chi connectivity index (χ0v) is 11.4. The second-order valence-electron chi connectivity index (χ2n) is 5.14. The maximum atomic E-state index is 3.75. The highest BCUT2D eigenvalue weighted by Gasteiger charge is 2.00. The molecule has 0 atom stereocenters. The van der Waals surface area contributed by atoms with Crippen LogP contribution < -0.4 is 0 Å². The molecule has 17 heavy (non-hydrogen) atoms. The lowest BCUT2D eigenvalue weighted by atomic mass is 9.98. The molecule has 0 saturated carbocycles. The summed E-state index contributed by atoms with van der Waals surface area (Å²) in [5, 5.41) is 0. The van der Waals surface area contributed by atoms with E-state index in [1.165, 1.54) is 49.7 Å². The average molecular weight is 230 g/mol. The molecule has 0 heterocycles. The lowest BCUT2D eigenvalue weighted by Crippen LogP contribution is -1.91. The molecule has 0 aliphatic heterocycles. The maximum Gasteiger partial charge on any atom is -0.0219 e. The molecular formula is C17H26. The van der Waals surface area contributed by atoms with Gasteiger partial charge in [-0.2, -0.15) is 0 Å². The molecule has 0 bridgehead atoms. The molecule has 1 aromatic rings. The van der Waals surface area contributed by atoms with Gasteiger partial charge in [-0.25, -0.2) is 0 Å². The molecule has 0 fully saturated rings. The summed E-state index contributed by atoms with van der Waals surface area (Å²) in [4.78, 5) is 0. The van der Waals surface area contributed by atoms with E-state index in [-0.39, 0.29) is 0 Å². The van der Waals surface area contributed by atoms with Gasteiger partial charge < -0.3 is 0 Å². The fourth-order valence-electron chi connectivity index (χ4n) is 2.08. The normalized spacial score (nSPS) is 10.8. The lowest BCUT2D eigenvalue weighted by molar-refractivity contribution is 0.646. The summed E-state index contributed by atoms with van der Waals surface area (Å²) < 4.78 is 0. The van der Waals surface area contributed by atoms with Crippen LogP contribution in [0.5, 0.6) is 0 Å². The second-order valence-corrected chi connectivity index (χ2v) is 5.14. The van der Waals surface area contributed by atoms with Crippen LogP contribution in [-0.4, -0.2) is 0 Å². The van der Waals surface area contributed by atoms with Gasteiger partial charge in [-0.05, 0) is 42.7 Å². The first-order valence-electron chi connectivity index (χ1n) is 6.93. The Morgan fingerprint density at radius 1 is 1.12 bits per heavy atom. The van der Waals surface area contributed by atoms with Gasteiger partial charge in [-0.3, -0.25) is 0 Å². The molecule has 0 saturated heterocycles. The topological polar surface area (TPSA) is 0 Å². The van der Waals surface area contributed by atoms with E-state index in [1.807, 2.05) is 6.08 Å². The van der Waals surface area contributed by atoms with Crippen molar-refractivity contribution >= 4 is 0 Å². The third-order valence-corrected chi connectivity index (χ3v) is 3.24. The molecular weight excluding hydrogens is 204 g/mol. The molecule has 1 aromatic carbocycles. The second kappa shape index (κ2) is 8.11. The first-order chi connectivity index (χ1) is 8.24. The van der Waals surface area contributed by atoms with E-state index in [0.717, 1.165) is 0 Å². The van der Waals surface area contributed by atoms with Gasteiger partial charge in [0.05, 0.1) is 0 Å². The fourth-order valence-corrected chi connectivity index (χ4v) is 2.08. The van der Waals surface area contributed by atoms with Crippen LogP contribution in [0.15, 0.2) is 36.9 Å². The van der Waals surface area contributed by atoms with Gasteiger partial charge in [0.2, 0.25) is 0 Å². The van der Waals surface area contributed by atoms with Gasteiger partial charge in [0.25, 0.3) is 0 Å². The Hall–Kier alpha value is -1.04. The summed E-state index contributed by atoms with van der Waals surface area (Å²) >= 11 is 0. The summed E-state index contributed by atoms with van der Waals surface area (Å²) in [5.74, 6) is 0.641. The Labute approximate surface area is 107 Å². The predicted octanol–water partition coefficient (Wildman–Crippen LogP) is 5.49. The minimum Gasteiger partial charge on any atom is -0.103 e. The number of rotatable bonds is 8. The van der Waals surface area contributed by atoms with Crippen LogP contribution in [0.25, 0.3) is 0 Å². The van der Waals surface area contributed by atoms with Crippen molar-refractivity contribution < 1.29 is 0 Å². The van der Waals surface area contributed by atoms with Gasteiger partial charge in [0.1, 0.15) is 0 Å². The lowest BCUT2D eigenvalue weighted by Gasteiger charge is -2.08. The van der Waals surface area contributed by atoms with Crippen LogP contribution in [-0.2, 0) is 6.42 Å². The largest absolute Gasteiger partial charge is 0.103 e. The molecule has 0 N–H and O–H groups in total. The van der Waals surface area contributed by atoms with Crippen molar-refractivity contribution in [2.24, 2.45) is 0 Å². The first-order valence-corrected chi connectivity index (χ1v) is 6.93. The van der Waals surface area contributed by atoms with E-state index in [2.05, 4.69) is 44.7 Å². The summed E-state index contributed by atoms with van der Waals surface area (Å²) in [5.41, 5.74) is 2.97. The van der Waals surface area contributed by atoms with Crippen LogP contribution in [0.3, 0.4) is 0 Å². The van der Waals surface area contributed by atoms with Crippen molar-refractivity contribution in [3.05, 3.63) is 48.0 Å². The molecule has 0 spiro atoms. The van der Waals surface area contributed by atoms with Gasteiger partial charge in [0, 0.05) is 0 Å². The van der Waals surface area contributed by atoms with Crippen LogP contribution in [0, 0.1) is 0 Å². The van der Waals surface area contributed by atoms with Gasteiger partial charge in [-0.1, -0.05) is 57.0 Å². The maximum absolute atomic E-state index is 3.75. The highest BCUT2D eigenvalue weighted by atomic mass is 14.1. The van der Waals surface area contributed by atoms with Gasteiger partial charge >= 0.3 is 0 Å². The van der Waals surface area contributed by atoms with Crippen molar-refractivity contribution in [2.75, 3.05) is 0 Å². The summed E-state index contributed by atoms with van der Waals surface area (Å²) in [6, 6.07) is 9.06. The Morgan fingerprint density at radius 3 is 2.59 bits per heavy atom. The van der Waals surface area contributed by atoms with Gasteiger partial charge in [-0.15, -0.1) is 6.58 Å². The molecule has 0 aliphatic rings. The fraction of sp³-hybridized carbons (Fsp3) is 0.529. The Bertz CT molecular complexity index is 323. The van der Waals surface area contributed by atoms with E-state index in [4.69, 9.17) is 0 Å². The molecule has 1 rings (SSSR count). The quantitative estimate of drug-likeness (QED) is 0.409.